The van der Waals surface area contributed by atoms with Crippen molar-refractivity contribution in [2.24, 2.45) is 5.41 Å². The molecule has 0 spiro atoms. The quantitative estimate of drug-likeness (QED) is 0.864. The zero-order valence-corrected chi connectivity index (χ0v) is 10.5. The third kappa shape index (κ3) is 2.47. The highest BCUT2D eigenvalue weighted by atomic mass is 19.1. The summed E-state index contributed by atoms with van der Waals surface area (Å²) in [5.74, 6) is -1.12. The van der Waals surface area contributed by atoms with Gasteiger partial charge in [-0.15, -0.1) is 0 Å². The maximum absolute atomic E-state index is 13.0. The van der Waals surface area contributed by atoms with Crippen LogP contribution in [-0.2, 0) is 0 Å². The van der Waals surface area contributed by atoms with E-state index in [1.807, 2.05) is 0 Å². The van der Waals surface area contributed by atoms with Crippen molar-refractivity contribution >= 4 is 5.91 Å². The third-order valence-corrected chi connectivity index (χ3v) is 3.99. The summed E-state index contributed by atoms with van der Waals surface area (Å²) in [4.78, 5) is 11.9. The number of amides is 1. The molecule has 1 aromatic rings. The molecule has 1 aromatic carbocycles. The molecule has 0 unspecified atom stereocenters. The Morgan fingerprint density at radius 3 is 2.78 bits per heavy atom. The average molecular weight is 251 g/mol. The van der Waals surface area contributed by atoms with Gasteiger partial charge in [0.1, 0.15) is 11.6 Å². The Balaban J connectivity index is 2.01. The van der Waals surface area contributed by atoms with E-state index in [0.717, 1.165) is 31.4 Å². The summed E-state index contributed by atoms with van der Waals surface area (Å²) in [7, 11) is 0. The van der Waals surface area contributed by atoms with Crippen LogP contribution in [0.5, 0.6) is 5.75 Å². The molecule has 1 saturated carbocycles. The summed E-state index contributed by atoms with van der Waals surface area (Å²) in [6, 6.07) is 3.39. The van der Waals surface area contributed by atoms with Crippen LogP contribution in [0, 0.1) is 11.2 Å². The minimum atomic E-state index is -0.521. The average Bonchev–Trinajstić information content (AvgIpc) is 2.31. The highest BCUT2D eigenvalue weighted by Crippen LogP contribution is 2.43. The molecule has 0 atom stereocenters. The van der Waals surface area contributed by atoms with Crippen LogP contribution in [0.15, 0.2) is 18.2 Å². The van der Waals surface area contributed by atoms with Crippen molar-refractivity contribution in [1.82, 2.24) is 5.32 Å². The van der Waals surface area contributed by atoms with Gasteiger partial charge in [-0.25, -0.2) is 4.39 Å². The van der Waals surface area contributed by atoms with E-state index in [1.54, 1.807) is 0 Å². The molecular formula is C14H18FNO2. The lowest BCUT2D eigenvalue weighted by molar-refractivity contribution is 0.0847. The fourth-order valence-electron chi connectivity index (χ4n) is 2.39. The molecule has 2 N–H and O–H groups in total. The monoisotopic (exact) mass is 251 g/mol. The van der Waals surface area contributed by atoms with Gasteiger partial charge in [-0.2, -0.15) is 0 Å². The van der Waals surface area contributed by atoms with Gasteiger partial charge >= 0.3 is 0 Å². The van der Waals surface area contributed by atoms with Gasteiger partial charge in [0.2, 0.25) is 0 Å². The van der Waals surface area contributed by atoms with Gasteiger partial charge < -0.3 is 10.4 Å². The van der Waals surface area contributed by atoms with Crippen molar-refractivity contribution < 1.29 is 14.3 Å². The normalized spacial score (nSPS) is 17.0. The van der Waals surface area contributed by atoms with Crippen molar-refractivity contribution in [3.63, 3.8) is 0 Å². The highest BCUT2D eigenvalue weighted by molar-refractivity contribution is 5.96. The zero-order chi connectivity index (χ0) is 13.2. The van der Waals surface area contributed by atoms with Crippen LogP contribution in [0.4, 0.5) is 4.39 Å². The van der Waals surface area contributed by atoms with E-state index in [0.29, 0.717) is 6.54 Å². The van der Waals surface area contributed by atoms with Crippen LogP contribution in [0.2, 0.25) is 0 Å². The molecular weight excluding hydrogens is 233 g/mol. The molecule has 0 aromatic heterocycles. The second-order valence-electron chi connectivity index (χ2n) is 5.05. The first-order valence-corrected chi connectivity index (χ1v) is 6.33. The van der Waals surface area contributed by atoms with Crippen LogP contribution < -0.4 is 5.32 Å². The van der Waals surface area contributed by atoms with Gasteiger partial charge in [-0.05, 0) is 42.9 Å². The van der Waals surface area contributed by atoms with Crippen LogP contribution in [-0.4, -0.2) is 17.6 Å². The first-order valence-electron chi connectivity index (χ1n) is 6.33. The highest BCUT2D eigenvalue weighted by Gasteiger charge is 2.35. The standard InChI is InChI=1S/C14H18FNO2/c1-2-14(6-3-7-14)9-16-13(18)11-8-10(15)4-5-12(11)17/h4-5,8,17H,2-3,6-7,9H2,1H3,(H,16,18). The lowest BCUT2D eigenvalue weighted by Crippen LogP contribution is -2.41. The topological polar surface area (TPSA) is 49.3 Å². The number of hydrogen-bond acceptors (Lipinski definition) is 2. The van der Waals surface area contributed by atoms with Gasteiger partial charge in [0.25, 0.3) is 5.91 Å². The summed E-state index contributed by atoms with van der Waals surface area (Å²) in [6.07, 6.45) is 4.48. The van der Waals surface area contributed by atoms with Gasteiger partial charge in [0.15, 0.2) is 0 Å². The number of nitrogens with one attached hydrogen (secondary N) is 1. The summed E-state index contributed by atoms with van der Waals surface area (Å²) in [5.41, 5.74) is 0.207. The number of rotatable bonds is 4. The van der Waals surface area contributed by atoms with E-state index in [2.05, 4.69) is 12.2 Å². The van der Waals surface area contributed by atoms with Gasteiger partial charge in [0.05, 0.1) is 5.56 Å². The Morgan fingerprint density at radius 1 is 1.50 bits per heavy atom. The number of hydrogen-bond donors (Lipinski definition) is 2. The Kier molecular flexibility index (Phi) is 3.55. The fourth-order valence-corrected chi connectivity index (χ4v) is 2.39. The number of phenols is 1. The van der Waals surface area contributed by atoms with Gasteiger partial charge in [0, 0.05) is 6.54 Å². The van der Waals surface area contributed by atoms with E-state index in [9.17, 15) is 14.3 Å². The van der Waals surface area contributed by atoms with Gasteiger partial charge in [-0.3, -0.25) is 4.79 Å². The number of carbonyl (C=O) groups excluding carboxylic acids is 1. The Morgan fingerprint density at radius 2 is 2.22 bits per heavy atom. The molecule has 0 bridgehead atoms. The molecule has 98 valence electrons. The van der Waals surface area contributed by atoms with E-state index in [4.69, 9.17) is 0 Å². The molecule has 1 amide bonds. The third-order valence-electron chi connectivity index (χ3n) is 3.99. The molecule has 3 nitrogen and oxygen atoms in total. The first kappa shape index (κ1) is 12.9. The first-order chi connectivity index (χ1) is 8.56. The van der Waals surface area contributed by atoms with Crippen LogP contribution in [0.25, 0.3) is 0 Å². The number of carbonyl (C=O) groups is 1. The summed E-state index contributed by atoms with van der Waals surface area (Å²) >= 11 is 0. The van der Waals surface area contributed by atoms with Crippen molar-refractivity contribution in [2.45, 2.75) is 32.6 Å². The van der Waals surface area contributed by atoms with E-state index in [-0.39, 0.29) is 16.7 Å². The summed E-state index contributed by atoms with van der Waals surface area (Å²) < 4.78 is 13.0. The number of aromatic hydroxyl groups is 1. The van der Waals surface area contributed by atoms with E-state index < -0.39 is 11.7 Å². The minimum Gasteiger partial charge on any atom is -0.507 e. The van der Waals surface area contributed by atoms with Crippen molar-refractivity contribution in [3.05, 3.63) is 29.6 Å². The van der Waals surface area contributed by atoms with Crippen LogP contribution >= 0.6 is 0 Å². The Labute approximate surface area is 106 Å². The van der Waals surface area contributed by atoms with Crippen LogP contribution in [0.1, 0.15) is 43.0 Å². The molecule has 0 aliphatic heterocycles. The van der Waals surface area contributed by atoms with Gasteiger partial charge in [-0.1, -0.05) is 13.3 Å². The van der Waals surface area contributed by atoms with E-state index >= 15 is 0 Å². The Bertz CT molecular complexity index is 450. The largest absolute Gasteiger partial charge is 0.507 e. The zero-order valence-electron chi connectivity index (χ0n) is 10.5. The molecule has 0 heterocycles. The fraction of sp³-hybridized carbons (Fsp3) is 0.500. The van der Waals surface area contributed by atoms with Crippen LogP contribution in [0.3, 0.4) is 0 Å². The summed E-state index contributed by atoms with van der Waals surface area (Å²) in [6.45, 7) is 2.71. The molecule has 18 heavy (non-hydrogen) atoms. The van der Waals surface area contributed by atoms with Crippen molar-refractivity contribution in [3.8, 4) is 5.75 Å². The molecule has 0 radical (unpaired) electrons. The minimum absolute atomic E-state index is 0.000534. The van der Waals surface area contributed by atoms with Crippen molar-refractivity contribution in [2.75, 3.05) is 6.54 Å². The molecule has 4 heteroatoms. The lowest BCUT2D eigenvalue weighted by Gasteiger charge is -2.41. The Hall–Kier alpha value is -1.58. The molecule has 1 fully saturated rings. The summed E-state index contributed by atoms with van der Waals surface area (Å²) in [5, 5.41) is 12.3. The second kappa shape index (κ2) is 4.96. The van der Waals surface area contributed by atoms with E-state index in [1.165, 1.54) is 12.5 Å². The number of benzene rings is 1. The molecule has 2 rings (SSSR count). The SMILES string of the molecule is CCC1(CNC(=O)c2cc(F)ccc2O)CCC1. The predicted octanol–water partition coefficient (Wildman–Crippen LogP) is 2.84. The molecule has 1 aliphatic carbocycles. The smallest absolute Gasteiger partial charge is 0.255 e. The maximum Gasteiger partial charge on any atom is 0.255 e. The molecule has 1 aliphatic rings. The lowest BCUT2D eigenvalue weighted by atomic mass is 9.67. The maximum atomic E-state index is 13.0. The van der Waals surface area contributed by atoms with Crippen molar-refractivity contribution in [1.29, 1.82) is 0 Å². The molecule has 0 saturated heterocycles. The number of halogens is 1. The number of phenolic OH excluding ortho intramolecular Hbond substituents is 1. The predicted molar refractivity (Wildman–Crippen MR) is 67.0 cm³/mol. The second-order valence-corrected chi connectivity index (χ2v) is 5.05.